The quantitative estimate of drug-likeness (QED) is 0.489. The Balaban J connectivity index is 1.55. The zero-order valence-corrected chi connectivity index (χ0v) is 15.2. The van der Waals surface area contributed by atoms with Crippen LogP contribution in [0, 0.1) is 0 Å². The third-order valence-electron chi connectivity index (χ3n) is 3.30. The van der Waals surface area contributed by atoms with E-state index in [9.17, 15) is 9.59 Å². The lowest BCUT2D eigenvalue weighted by molar-refractivity contribution is -0.113. The van der Waals surface area contributed by atoms with Gasteiger partial charge in [0.2, 0.25) is 11.8 Å². The van der Waals surface area contributed by atoms with Gasteiger partial charge in [0.25, 0.3) is 5.22 Å². The number of nitrogens with zero attached hydrogens (tertiary/aromatic N) is 3. The molecule has 3 rings (SSSR count). The molecular weight excluding hydrogens is 368 g/mol. The molecule has 0 fully saturated rings. The summed E-state index contributed by atoms with van der Waals surface area (Å²) in [6.45, 7) is 2.02. The Morgan fingerprint density at radius 1 is 1.22 bits per heavy atom. The van der Waals surface area contributed by atoms with Crippen LogP contribution in [0.2, 0.25) is 0 Å². The predicted molar refractivity (Wildman–Crippen MR) is 99.3 cm³/mol. The summed E-state index contributed by atoms with van der Waals surface area (Å²) < 4.78 is 10.5. The lowest BCUT2D eigenvalue weighted by atomic mass is 10.2. The number of thioether (sulfide) groups is 1. The highest BCUT2D eigenvalue weighted by Crippen LogP contribution is 2.22. The van der Waals surface area contributed by atoms with E-state index < -0.39 is 5.97 Å². The smallest absolute Gasteiger partial charge is 0.338 e. The van der Waals surface area contributed by atoms with Crippen molar-refractivity contribution < 1.29 is 18.7 Å². The fourth-order valence-electron chi connectivity index (χ4n) is 2.14. The van der Waals surface area contributed by atoms with Gasteiger partial charge in [-0.05, 0) is 37.3 Å². The van der Waals surface area contributed by atoms with Gasteiger partial charge in [-0.25, -0.2) is 4.79 Å². The molecule has 0 aliphatic carbocycles. The molecule has 1 aromatic carbocycles. The van der Waals surface area contributed by atoms with E-state index in [1.165, 1.54) is 0 Å². The third-order valence-corrected chi connectivity index (χ3v) is 4.12. The van der Waals surface area contributed by atoms with E-state index in [2.05, 4.69) is 20.5 Å². The minimum absolute atomic E-state index is 0.0817. The van der Waals surface area contributed by atoms with Crippen LogP contribution < -0.4 is 5.32 Å². The number of carbonyl (C=O) groups is 2. The van der Waals surface area contributed by atoms with Crippen LogP contribution >= 0.6 is 11.8 Å². The lowest BCUT2D eigenvalue weighted by Crippen LogP contribution is -2.14. The van der Waals surface area contributed by atoms with Gasteiger partial charge in [-0.3, -0.25) is 9.78 Å². The molecule has 1 amide bonds. The topological polar surface area (TPSA) is 107 Å². The van der Waals surface area contributed by atoms with Crippen LogP contribution in [0.5, 0.6) is 0 Å². The molecule has 2 heterocycles. The number of esters is 1. The van der Waals surface area contributed by atoms with E-state index >= 15 is 0 Å². The zero-order chi connectivity index (χ0) is 19.1. The van der Waals surface area contributed by atoms with Crippen molar-refractivity contribution in [3.63, 3.8) is 0 Å². The van der Waals surface area contributed by atoms with Gasteiger partial charge in [0, 0.05) is 18.1 Å². The fourth-order valence-corrected chi connectivity index (χ4v) is 2.70. The molecule has 3 aromatic rings. The number of hydrogen-bond acceptors (Lipinski definition) is 8. The van der Waals surface area contributed by atoms with Crippen LogP contribution in [-0.2, 0) is 9.53 Å². The van der Waals surface area contributed by atoms with E-state index in [0.29, 0.717) is 22.7 Å². The molecule has 0 spiro atoms. The number of nitrogens with one attached hydrogen (secondary N) is 1. The van der Waals surface area contributed by atoms with Crippen molar-refractivity contribution in [3.05, 3.63) is 54.4 Å². The second kappa shape index (κ2) is 8.95. The highest BCUT2D eigenvalue weighted by atomic mass is 32.2. The standard InChI is InChI=1S/C18H16N4O4S/c1-2-25-17(24)12-5-3-7-14(9-12)20-15(23)11-27-18-22-21-16(26-18)13-6-4-8-19-10-13/h3-10H,2,11H2,1H3,(H,20,23). The monoisotopic (exact) mass is 384 g/mol. The maximum absolute atomic E-state index is 12.1. The first-order valence-electron chi connectivity index (χ1n) is 8.09. The zero-order valence-electron chi connectivity index (χ0n) is 14.4. The molecule has 0 unspecified atom stereocenters. The van der Waals surface area contributed by atoms with Gasteiger partial charge in [-0.1, -0.05) is 17.8 Å². The summed E-state index contributed by atoms with van der Waals surface area (Å²) in [7, 11) is 0. The maximum Gasteiger partial charge on any atom is 0.338 e. The highest BCUT2D eigenvalue weighted by molar-refractivity contribution is 7.99. The predicted octanol–water partition coefficient (Wildman–Crippen LogP) is 3.04. The number of aromatic nitrogens is 3. The first-order valence-corrected chi connectivity index (χ1v) is 9.08. The molecule has 0 radical (unpaired) electrons. The van der Waals surface area contributed by atoms with Crippen LogP contribution in [0.15, 0.2) is 58.4 Å². The Kier molecular flexibility index (Phi) is 6.16. The van der Waals surface area contributed by atoms with Crippen LogP contribution in [0.25, 0.3) is 11.5 Å². The van der Waals surface area contributed by atoms with Gasteiger partial charge in [-0.2, -0.15) is 0 Å². The minimum Gasteiger partial charge on any atom is -0.462 e. The molecular formula is C18H16N4O4S. The molecule has 27 heavy (non-hydrogen) atoms. The van der Waals surface area contributed by atoms with Crippen LogP contribution in [-0.4, -0.2) is 39.4 Å². The summed E-state index contributed by atoms with van der Waals surface area (Å²) >= 11 is 1.12. The Bertz CT molecular complexity index is 930. The molecule has 2 aromatic heterocycles. The van der Waals surface area contributed by atoms with E-state index in [1.54, 1.807) is 55.7 Å². The van der Waals surface area contributed by atoms with Crippen molar-refractivity contribution in [2.75, 3.05) is 17.7 Å². The summed E-state index contributed by atoms with van der Waals surface area (Å²) in [5.74, 6) is -0.273. The van der Waals surface area contributed by atoms with Crippen molar-refractivity contribution in [2.24, 2.45) is 0 Å². The highest BCUT2D eigenvalue weighted by Gasteiger charge is 2.12. The number of amides is 1. The molecule has 0 aliphatic heterocycles. The van der Waals surface area contributed by atoms with Crippen LogP contribution in [0.3, 0.4) is 0 Å². The average Bonchev–Trinajstić information content (AvgIpc) is 3.17. The van der Waals surface area contributed by atoms with Crippen molar-refractivity contribution in [1.29, 1.82) is 0 Å². The molecule has 0 saturated carbocycles. The molecule has 0 aliphatic rings. The Morgan fingerprint density at radius 3 is 2.89 bits per heavy atom. The number of benzene rings is 1. The number of hydrogen-bond donors (Lipinski definition) is 1. The lowest BCUT2D eigenvalue weighted by Gasteiger charge is -2.06. The van der Waals surface area contributed by atoms with Crippen LogP contribution in [0.1, 0.15) is 17.3 Å². The molecule has 1 N–H and O–H groups in total. The van der Waals surface area contributed by atoms with E-state index in [-0.39, 0.29) is 23.5 Å². The number of ether oxygens (including phenoxy) is 1. The fraction of sp³-hybridized carbons (Fsp3) is 0.167. The van der Waals surface area contributed by atoms with E-state index in [4.69, 9.17) is 9.15 Å². The Hall–Kier alpha value is -3.20. The number of rotatable bonds is 7. The molecule has 9 heteroatoms. The normalized spacial score (nSPS) is 10.4. The summed E-state index contributed by atoms with van der Waals surface area (Å²) in [4.78, 5) is 27.9. The molecule has 138 valence electrons. The number of carbonyl (C=O) groups excluding carboxylic acids is 2. The summed E-state index contributed by atoms with van der Waals surface area (Å²) in [5.41, 5.74) is 1.59. The van der Waals surface area contributed by atoms with E-state index in [0.717, 1.165) is 11.8 Å². The largest absolute Gasteiger partial charge is 0.462 e. The first kappa shape index (κ1) is 18.6. The minimum atomic E-state index is -0.434. The van der Waals surface area contributed by atoms with Gasteiger partial charge in [0.05, 0.1) is 23.5 Å². The molecule has 8 nitrogen and oxygen atoms in total. The summed E-state index contributed by atoms with van der Waals surface area (Å²) in [6.07, 6.45) is 3.27. The maximum atomic E-state index is 12.1. The van der Waals surface area contributed by atoms with Crippen molar-refractivity contribution in [1.82, 2.24) is 15.2 Å². The Labute approximate surface area is 159 Å². The summed E-state index contributed by atoms with van der Waals surface area (Å²) in [5, 5.41) is 10.8. The first-order chi connectivity index (χ1) is 13.2. The summed E-state index contributed by atoms with van der Waals surface area (Å²) in [6, 6.07) is 10.1. The third kappa shape index (κ3) is 5.14. The Morgan fingerprint density at radius 2 is 2.11 bits per heavy atom. The van der Waals surface area contributed by atoms with Gasteiger partial charge >= 0.3 is 5.97 Å². The van der Waals surface area contributed by atoms with Crippen molar-refractivity contribution in [3.8, 4) is 11.5 Å². The number of pyridine rings is 1. The second-order valence-electron chi connectivity index (χ2n) is 5.25. The average molecular weight is 384 g/mol. The molecule has 0 saturated heterocycles. The van der Waals surface area contributed by atoms with Crippen molar-refractivity contribution >= 4 is 29.3 Å². The number of anilines is 1. The van der Waals surface area contributed by atoms with Gasteiger partial charge in [0.15, 0.2) is 0 Å². The molecule has 0 atom stereocenters. The van der Waals surface area contributed by atoms with Crippen LogP contribution in [0.4, 0.5) is 5.69 Å². The van der Waals surface area contributed by atoms with Gasteiger partial charge in [0.1, 0.15) is 0 Å². The molecule has 0 bridgehead atoms. The van der Waals surface area contributed by atoms with Crippen molar-refractivity contribution in [2.45, 2.75) is 12.1 Å². The van der Waals surface area contributed by atoms with Gasteiger partial charge in [-0.15, -0.1) is 10.2 Å². The SMILES string of the molecule is CCOC(=O)c1cccc(NC(=O)CSc2nnc(-c3cccnc3)o2)c1. The van der Waals surface area contributed by atoms with E-state index in [1.807, 2.05) is 0 Å². The van der Waals surface area contributed by atoms with Gasteiger partial charge < -0.3 is 14.5 Å². The second-order valence-corrected chi connectivity index (χ2v) is 6.18.